The van der Waals surface area contributed by atoms with Gasteiger partial charge in [-0.2, -0.15) is 0 Å². The predicted octanol–water partition coefficient (Wildman–Crippen LogP) is 4.98. The molecular formula is C17H16Cl2O3S. The second-order valence-electron chi connectivity index (χ2n) is 5.32. The van der Waals surface area contributed by atoms with Gasteiger partial charge in [0.2, 0.25) is 11.1 Å². The summed E-state index contributed by atoms with van der Waals surface area (Å²) in [5, 5.41) is 0.810. The number of hydrogen-bond donors (Lipinski definition) is 0. The van der Waals surface area contributed by atoms with Crippen LogP contribution in [0.4, 0.5) is 0 Å². The highest BCUT2D eigenvalue weighted by Crippen LogP contribution is 2.34. The first-order valence-corrected chi connectivity index (χ1v) is 9.17. The minimum atomic E-state index is -1.61. The van der Waals surface area contributed by atoms with E-state index in [0.29, 0.717) is 20.7 Å². The molecule has 0 saturated heterocycles. The Kier molecular flexibility index (Phi) is 5.14. The van der Waals surface area contributed by atoms with Crippen molar-refractivity contribution in [3.63, 3.8) is 0 Å². The number of halogens is 2. The lowest BCUT2D eigenvalue weighted by molar-refractivity contribution is 0.405. The van der Waals surface area contributed by atoms with Crippen molar-refractivity contribution in [2.45, 2.75) is 30.6 Å². The van der Waals surface area contributed by atoms with E-state index in [4.69, 9.17) is 32.1 Å². The number of rotatable bonds is 4. The summed E-state index contributed by atoms with van der Waals surface area (Å²) in [6.45, 7) is 0. The maximum Gasteiger partial charge on any atom is 0.240 e. The molecule has 3 rings (SSSR count). The molecule has 0 heterocycles. The van der Waals surface area contributed by atoms with Crippen molar-refractivity contribution < 1.29 is 13.1 Å². The summed E-state index contributed by atoms with van der Waals surface area (Å²) < 4.78 is 23.6. The minimum Gasteiger partial charge on any atom is -0.496 e. The van der Waals surface area contributed by atoms with Gasteiger partial charge in [0.05, 0.1) is 22.1 Å². The minimum absolute atomic E-state index is 0.373. The Hall–Kier alpha value is -1.23. The molecule has 0 aromatic heterocycles. The standard InChI is InChI=1S/C17H16Cl2O3S/c1-21-16-8-9-17(13-5-3-2-4-12(13)16)23(20)22-11-6-7-14(18)15(19)10-11/h6-10H,2-5H2,1H3. The largest absolute Gasteiger partial charge is 0.496 e. The Balaban J connectivity index is 1.91. The van der Waals surface area contributed by atoms with E-state index in [1.54, 1.807) is 25.3 Å². The van der Waals surface area contributed by atoms with Crippen LogP contribution in [0, 0.1) is 0 Å². The van der Waals surface area contributed by atoms with Gasteiger partial charge < -0.3 is 8.92 Å². The van der Waals surface area contributed by atoms with Gasteiger partial charge in [-0.3, -0.25) is 0 Å². The first-order chi connectivity index (χ1) is 11.1. The van der Waals surface area contributed by atoms with E-state index in [-0.39, 0.29) is 0 Å². The summed E-state index contributed by atoms with van der Waals surface area (Å²) in [6, 6.07) is 8.52. The van der Waals surface area contributed by atoms with Crippen LogP contribution in [0.2, 0.25) is 10.0 Å². The van der Waals surface area contributed by atoms with E-state index in [0.717, 1.165) is 42.6 Å². The smallest absolute Gasteiger partial charge is 0.240 e. The summed E-state index contributed by atoms with van der Waals surface area (Å²) in [7, 11) is 1.66. The zero-order valence-corrected chi connectivity index (χ0v) is 14.9. The van der Waals surface area contributed by atoms with Crippen molar-refractivity contribution in [2.24, 2.45) is 0 Å². The molecule has 1 atom stereocenters. The molecule has 23 heavy (non-hydrogen) atoms. The molecule has 0 fully saturated rings. The molecule has 0 amide bonds. The van der Waals surface area contributed by atoms with Gasteiger partial charge in [0.15, 0.2) is 0 Å². The van der Waals surface area contributed by atoms with Gasteiger partial charge in [-0.1, -0.05) is 23.2 Å². The van der Waals surface area contributed by atoms with Crippen molar-refractivity contribution in [1.82, 2.24) is 0 Å². The maximum absolute atomic E-state index is 12.7. The summed E-state index contributed by atoms with van der Waals surface area (Å²) in [6.07, 6.45) is 4.03. The van der Waals surface area contributed by atoms with Crippen molar-refractivity contribution in [3.05, 3.63) is 51.5 Å². The van der Waals surface area contributed by atoms with Crippen molar-refractivity contribution in [3.8, 4) is 11.5 Å². The number of fused-ring (bicyclic) bond motifs is 1. The Morgan fingerprint density at radius 1 is 1.00 bits per heavy atom. The van der Waals surface area contributed by atoms with Crippen LogP contribution in [0.1, 0.15) is 24.0 Å². The molecule has 0 spiro atoms. The van der Waals surface area contributed by atoms with Crippen molar-refractivity contribution >= 4 is 34.3 Å². The monoisotopic (exact) mass is 370 g/mol. The Morgan fingerprint density at radius 2 is 1.74 bits per heavy atom. The fourth-order valence-electron chi connectivity index (χ4n) is 2.81. The molecule has 6 heteroatoms. The summed E-state index contributed by atoms with van der Waals surface area (Å²) in [4.78, 5) is 0.701. The average molecular weight is 371 g/mol. The first-order valence-electron chi connectivity index (χ1n) is 7.34. The van der Waals surface area contributed by atoms with Crippen LogP contribution in [0.5, 0.6) is 11.5 Å². The molecule has 1 unspecified atom stereocenters. The fourth-order valence-corrected chi connectivity index (χ4v) is 4.07. The number of ether oxygens (including phenoxy) is 1. The zero-order chi connectivity index (χ0) is 16.4. The van der Waals surface area contributed by atoms with Gasteiger partial charge in [0, 0.05) is 6.07 Å². The van der Waals surface area contributed by atoms with Crippen LogP contribution in [-0.4, -0.2) is 11.3 Å². The molecule has 2 aromatic carbocycles. The number of benzene rings is 2. The first kappa shape index (κ1) is 16.6. The van der Waals surface area contributed by atoms with Gasteiger partial charge >= 0.3 is 0 Å². The third-order valence-corrected chi connectivity index (χ3v) is 5.74. The molecule has 2 aromatic rings. The highest BCUT2D eigenvalue weighted by Gasteiger charge is 2.21. The Bertz CT molecular complexity index is 762. The van der Waals surface area contributed by atoms with E-state index < -0.39 is 11.1 Å². The van der Waals surface area contributed by atoms with Gasteiger partial charge in [-0.25, -0.2) is 4.21 Å². The molecule has 1 aliphatic carbocycles. The molecule has 0 radical (unpaired) electrons. The summed E-state index contributed by atoms with van der Waals surface area (Å²) in [5.74, 6) is 1.29. The Labute approximate surface area is 148 Å². The van der Waals surface area contributed by atoms with E-state index in [1.807, 2.05) is 12.1 Å². The predicted molar refractivity (Wildman–Crippen MR) is 93.1 cm³/mol. The van der Waals surface area contributed by atoms with E-state index in [2.05, 4.69) is 0 Å². The molecule has 3 nitrogen and oxygen atoms in total. The van der Waals surface area contributed by atoms with Crippen LogP contribution in [0.25, 0.3) is 0 Å². The lowest BCUT2D eigenvalue weighted by Crippen LogP contribution is -2.11. The van der Waals surface area contributed by atoms with Crippen LogP contribution >= 0.6 is 23.2 Å². The quantitative estimate of drug-likeness (QED) is 0.760. The Morgan fingerprint density at radius 3 is 2.43 bits per heavy atom. The molecule has 0 aliphatic heterocycles. The summed E-state index contributed by atoms with van der Waals surface area (Å²) >= 11 is 10.2. The normalized spacial score (nSPS) is 14.9. The molecule has 0 N–H and O–H groups in total. The summed E-state index contributed by atoms with van der Waals surface area (Å²) in [5.41, 5.74) is 2.22. The van der Waals surface area contributed by atoms with Crippen LogP contribution in [0.3, 0.4) is 0 Å². The fraction of sp³-hybridized carbons (Fsp3) is 0.294. The maximum atomic E-state index is 12.7. The number of hydrogen-bond acceptors (Lipinski definition) is 3. The van der Waals surface area contributed by atoms with Gasteiger partial charge in [0.1, 0.15) is 11.5 Å². The SMILES string of the molecule is COc1ccc(S(=O)Oc2ccc(Cl)c(Cl)c2)c2c1CCCC2. The molecule has 0 saturated carbocycles. The lowest BCUT2D eigenvalue weighted by Gasteiger charge is -2.21. The van der Waals surface area contributed by atoms with E-state index in [9.17, 15) is 4.21 Å². The number of methoxy groups -OCH3 is 1. The highest BCUT2D eigenvalue weighted by molar-refractivity contribution is 7.80. The molecule has 0 bridgehead atoms. The van der Waals surface area contributed by atoms with Crippen molar-refractivity contribution in [1.29, 1.82) is 0 Å². The van der Waals surface area contributed by atoms with Gasteiger partial charge in [0.25, 0.3) is 0 Å². The third-order valence-electron chi connectivity index (χ3n) is 3.91. The highest BCUT2D eigenvalue weighted by atomic mass is 35.5. The molecule has 1 aliphatic rings. The topological polar surface area (TPSA) is 35.5 Å². The van der Waals surface area contributed by atoms with Crippen LogP contribution in [0.15, 0.2) is 35.2 Å². The second-order valence-corrected chi connectivity index (χ2v) is 7.21. The lowest BCUT2D eigenvalue weighted by atomic mass is 9.91. The molecule has 122 valence electrons. The van der Waals surface area contributed by atoms with Gasteiger partial charge in [-0.05, 0) is 61.1 Å². The third kappa shape index (κ3) is 3.49. The zero-order valence-electron chi connectivity index (χ0n) is 12.6. The molecular weight excluding hydrogens is 355 g/mol. The van der Waals surface area contributed by atoms with Crippen LogP contribution < -0.4 is 8.92 Å². The van der Waals surface area contributed by atoms with E-state index in [1.165, 1.54) is 0 Å². The second kappa shape index (κ2) is 7.12. The van der Waals surface area contributed by atoms with E-state index >= 15 is 0 Å². The van der Waals surface area contributed by atoms with Gasteiger partial charge in [-0.15, -0.1) is 0 Å². The van der Waals surface area contributed by atoms with Crippen molar-refractivity contribution in [2.75, 3.05) is 7.11 Å². The van der Waals surface area contributed by atoms with Crippen LogP contribution in [-0.2, 0) is 23.9 Å². The average Bonchev–Trinajstić information content (AvgIpc) is 2.57.